The Labute approximate surface area is 58.7 Å². The summed E-state index contributed by atoms with van der Waals surface area (Å²) < 4.78 is 0. The van der Waals surface area contributed by atoms with Crippen molar-refractivity contribution in [3.05, 3.63) is 0 Å². The van der Waals surface area contributed by atoms with E-state index in [1.54, 1.807) is 10.8 Å². The van der Waals surface area contributed by atoms with Crippen LogP contribution in [0, 0.1) is 5.92 Å². The zero-order valence-corrected chi connectivity index (χ0v) is 6.29. The van der Waals surface area contributed by atoms with E-state index in [0.717, 1.165) is 17.6 Å². The van der Waals surface area contributed by atoms with E-state index in [9.17, 15) is 0 Å². The van der Waals surface area contributed by atoms with E-state index in [1.165, 1.54) is 6.42 Å². The van der Waals surface area contributed by atoms with Crippen molar-refractivity contribution in [2.24, 2.45) is 5.92 Å². The second kappa shape index (κ2) is 2.99. The van der Waals surface area contributed by atoms with Crippen LogP contribution in [0.1, 0.15) is 12.8 Å². The van der Waals surface area contributed by atoms with Crippen molar-refractivity contribution in [3.63, 3.8) is 0 Å². The molecule has 0 heterocycles. The molecule has 0 amide bonds. The van der Waals surface area contributed by atoms with E-state index in [-0.39, 0.29) is 0 Å². The van der Waals surface area contributed by atoms with Gasteiger partial charge in [-0.3, -0.25) is 0 Å². The van der Waals surface area contributed by atoms with Crippen molar-refractivity contribution in [2.75, 3.05) is 6.61 Å². The van der Waals surface area contributed by atoms with Gasteiger partial charge in [0, 0.05) is 11.9 Å². The van der Waals surface area contributed by atoms with Gasteiger partial charge >= 0.3 is 0 Å². The normalized spacial score (nSPS) is 35.2. The summed E-state index contributed by atoms with van der Waals surface area (Å²) in [5, 5.41) is 9.20. The maximum Gasteiger partial charge on any atom is 0.0434 e. The Balaban J connectivity index is 1.99. The molecule has 8 heavy (non-hydrogen) atoms. The summed E-state index contributed by atoms with van der Waals surface area (Å²) in [6.45, 7) is 0.343. The van der Waals surface area contributed by atoms with E-state index < -0.39 is 0 Å². The van der Waals surface area contributed by atoms with Gasteiger partial charge in [-0.1, -0.05) is 10.8 Å². The minimum absolute atomic E-state index is 0.343. The van der Waals surface area contributed by atoms with E-state index in [2.05, 4.69) is 11.7 Å². The Morgan fingerprint density at radius 3 is 2.88 bits per heavy atom. The SMILES string of the molecule is OCCC1CC1SS. The van der Waals surface area contributed by atoms with Crippen LogP contribution in [0.2, 0.25) is 0 Å². The lowest BCUT2D eigenvalue weighted by Crippen LogP contribution is -1.86. The molecule has 2 atom stereocenters. The molecule has 0 bridgehead atoms. The van der Waals surface area contributed by atoms with Crippen molar-refractivity contribution >= 4 is 22.5 Å². The summed E-state index contributed by atoms with van der Waals surface area (Å²) >= 11 is 4.07. The number of hydrogen-bond acceptors (Lipinski definition) is 3. The highest BCUT2D eigenvalue weighted by atomic mass is 33.1. The summed E-state index contributed by atoms with van der Waals surface area (Å²) in [5.41, 5.74) is 0. The quantitative estimate of drug-likeness (QED) is 0.467. The van der Waals surface area contributed by atoms with Gasteiger partial charge in [0.05, 0.1) is 0 Å². The van der Waals surface area contributed by atoms with Gasteiger partial charge in [0.25, 0.3) is 0 Å². The Hall–Kier alpha value is 0.660. The first-order chi connectivity index (χ1) is 3.88. The van der Waals surface area contributed by atoms with Crippen LogP contribution >= 0.6 is 22.5 Å². The Morgan fingerprint density at radius 1 is 1.75 bits per heavy atom. The predicted molar refractivity (Wildman–Crippen MR) is 40.2 cm³/mol. The molecular formula is C5H10OS2. The number of hydrogen-bond donors (Lipinski definition) is 2. The molecule has 0 spiro atoms. The van der Waals surface area contributed by atoms with Crippen molar-refractivity contribution < 1.29 is 5.11 Å². The fourth-order valence-electron chi connectivity index (χ4n) is 0.818. The predicted octanol–water partition coefficient (Wildman–Crippen LogP) is 1.34. The average Bonchev–Trinajstić information content (AvgIpc) is 2.48. The van der Waals surface area contributed by atoms with E-state index >= 15 is 0 Å². The molecule has 48 valence electrons. The molecule has 0 saturated heterocycles. The molecule has 1 saturated carbocycles. The third-order valence-corrected chi connectivity index (χ3v) is 3.15. The third-order valence-electron chi connectivity index (χ3n) is 1.49. The van der Waals surface area contributed by atoms with Gasteiger partial charge in [-0.25, -0.2) is 0 Å². The lowest BCUT2D eigenvalue weighted by atomic mass is 10.3. The van der Waals surface area contributed by atoms with Crippen LogP contribution in [0.25, 0.3) is 0 Å². The molecule has 1 rings (SSSR count). The van der Waals surface area contributed by atoms with Crippen molar-refractivity contribution in [1.82, 2.24) is 0 Å². The monoisotopic (exact) mass is 150 g/mol. The maximum absolute atomic E-state index is 8.46. The van der Waals surface area contributed by atoms with Crippen molar-refractivity contribution in [1.29, 1.82) is 0 Å². The fourth-order valence-corrected chi connectivity index (χ4v) is 2.23. The van der Waals surface area contributed by atoms with E-state index in [0.29, 0.717) is 6.61 Å². The lowest BCUT2D eigenvalue weighted by molar-refractivity contribution is 0.280. The average molecular weight is 150 g/mol. The molecule has 1 nitrogen and oxygen atoms in total. The zero-order chi connectivity index (χ0) is 5.98. The molecule has 0 radical (unpaired) electrons. The molecule has 1 aliphatic rings. The molecule has 3 heteroatoms. The second-order valence-electron chi connectivity index (χ2n) is 2.15. The zero-order valence-electron chi connectivity index (χ0n) is 4.58. The highest BCUT2D eigenvalue weighted by Gasteiger charge is 2.35. The molecule has 1 aliphatic carbocycles. The largest absolute Gasteiger partial charge is 0.396 e. The fraction of sp³-hybridized carbons (Fsp3) is 1.00. The van der Waals surface area contributed by atoms with Crippen LogP contribution in [0.5, 0.6) is 0 Å². The molecule has 0 aliphatic heterocycles. The second-order valence-corrected chi connectivity index (χ2v) is 3.60. The van der Waals surface area contributed by atoms with Crippen LogP contribution < -0.4 is 0 Å². The summed E-state index contributed by atoms with van der Waals surface area (Å²) in [4.78, 5) is 0. The van der Waals surface area contributed by atoms with Crippen LogP contribution in [0.3, 0.4) is 0 Å². The van der Waals surface area contributed by atoms with E-state index in [1.807, 2.05) is 0 Å². The topological polar surface area (TPSA) is 20.2 Å². The Kier molecular flexibility index (Phi) is 2.53. The minimum Gasteiger partial charge on any atom is -0.396 e. The summed E-state index contributed by atoms with van der Waals surface area (Å²) in [6.07, 6.45) is 2.23. The first-order valence-corrected chi connectivity index (χ1v) is 4.72. The standard InChI is InChI=1S/C5H10OS2/c6-2-1-4-3-5(4)8-7/h4-7H,1-3H2. The number of aliphatic hydroxyl groups excluding tert-OH is 1. The molecule has 1 fully saturated rings. The summed E-state index contributed by atoms with van der Waals surface area (Å²) in [7, 11) is 1.62. The van der Waals surface area contributed by atoms with Gasteiger partial charge in [-0.05, 0) is 18.8 Å². The first kappa shape index (κ1) is 6.78. The smallest absolute Gasteiger partial charge is 0.0434 e. The highest BCUT2D eigenvalue weighted by Crippen LogP contribution is 2.44. The van der Waals surface area contributed by atoms with Crippen molar-refractivity contribution in [3.8, 4) is 0 Å². The van der Waals surface area contributed by atoms with Gasteiger partial charge in [0.1, 0.15) is 0 Å². The molecule has 0 aromatic heterocycles. The number of aliphatic hydroxyl groups is 1. The Bertz CT molecular complexity index is 76.8. The highest BCUT2D eigenvalue weighted by molar-refractivity contribution is 8.69. The van der Waals surface area contributed by atoms with Crippen LogP contribution in [-0.4, -0.2) is 17.0 Å². The first-order valence-electron chi connectivity index (χ1n) is 2.79. The van der Waals surface area contributed by atoms with E-state index in [4.69, 9.17) is 5.11 Å². The summed E-state index contributed by atoms with van der Waals surface area (Å²) in [5.74, 6) is 0.766. The summed E-state index contributed by atoms with van der Waals surface area (Å²) in [6, 6.07) is 0. The molecule has 0 aromatic carbocycles. The minimum atomic E-state index is 0.343. The van der Waals surface area contributed by atoms with Crippen LogP contribution in [0.15, 0.2) is 0 Å². The maximum atomic E-state index is 8.46. The lowest BCUT2D eigenvalue weighted by Gasteiger charge is -1.89. The number of thiol groups is 1. The molecule has 2 unspecified atom stereocenters. The molecule has 0 aromatic rings. The van der Waals surface area contributed by atoms with Gasteiger partial charge in [0.2, 0.25) is 0 Å². The molecular weight excluding hydrogens is 140 g/mol. The van der Waals surface area contributed by atoms with Gasteiger partial charge in [0.15, 0.2) is 0 Å². The number of rotatable bonds is 3. The van der Waals surface area contributed by atoms with Crippen LogP contribution in [0.4, 0.5) is 0 Å². The molecule has 1 N–H and O–H groups in total. The third kappa shape index (κ3) is 1.57. The Morgan fingerprint density at radius 2 is 2.50 bits per heavy atom. The van der Waals surface area contributed by atoms with Crippen LogP contribution in [-0.2, 0) is 0 Å². The van der Waals surface area contributed by atoms with Gasteiger partial charge in [-0.15, -0.1) is 11.7 Å². The van der Waals surface area contributed by atoms with Gasteiger partial charge < -0.3 is 5.11 Å². The van der Waals surface area contributed by atoms with Crippen molar-refractivity contribution in [2.45, 2.75) is 18.1 Å². The van der Waals surface area contributed by atoms with Gasteiger partial charge in [-0.2, -0.15) is 0 Å².